The highest BCUT2D eigenvalue weighted by Gasteiger charge is 2.19. The Morgan fingerprint density at radius 1 is 1.00 bits per heavy atom. The van der Waals surface area contributed by atoms with Crippen molar-refractivity contribution in [3.8, 4) is 11.3 Å². The fraction of sp³-hybridized carbons (Fsp3) is 0.273. The number of rotatable bonds is 4. The highest BCUT2D eigenvalue weighted by molar-refractivity contribution is 5.67. The van der Waals surface area contributed by atoms with E-state index in [0.717, 1.165) is 47.2 Å². The van der Waals surface area contributed by atoms with Crippen LogP contribution in [0.15, 0.2) is 54.9 Å². The molecule has 30 heavy (non-hydrogen) atoms. The SMILES string of the molecule is Cc1ccnc(Nc2cccc(-c3ccnc(N4CCCN(C(=O)O)CC4)c3)n2)c1. The van der Waals surface area contributed by atoms with Crippen molar-refractivity contribution in [2.75, 3.05) is 36.4 Å². The van der Waals surface area contributed by atoms with Gasteiger partial charge in [-0.05, 0) is 55.3 Å². The third-order valence-corrected chi connectivity index (χ3v) is 5.05. The number of amides is 1. The lowest BCUT2D eigenvalue weighted by molar-refractivity contribution is 0.148. The first-order valence-electron chi connectivity index (χ1n) is 9.94. The van der Waals surface area contributed by atoms with Crippen LogP contribution in [0.1, 0.15) is 12.0 Å². The molecule has 8 heteroatoms. The van der Waals surface area contributed by atoms with Gasteiger partial charge in [-0.1, -0.05) is 6.07 Å². The molecule has 0 aliphatic carbocycles. The number of aryl methyl sites for hydroxylation is 1. The summed E-state index contributed by atoms with van der Waals surface area (Å²) in [5.41, 5.74) is 2.92. The summed E-state index contributed by atoms with van der Waals surface area (Å²) < 4.78 is 0. The number of anilines is 3. The third-order valence-electron chi connectivity index (χ3n) is 5.05. The summed E-state index contributed by atoms with van der Waals surface area (Å²) in [5.74, 6) is 2.30. The number of aromatic nitrogens is 3. The van der Waals surface area contributed by atoms with Crippen molar-refractivity contribution >= 4 is 23.5 Å². The minimum atomic E-state index is -0.866. The molecular weight excluding hydrogens is 380 g/mol. The van der Waals surface area contributed by atoms with Crippen LogP contribution >= 0.6 is 0 Å². The van der Waals surface area contributed by atoms with Gasteiger partial charge in [-0.2, -0.15) is 0 Å². The van der Waals surface area contributed by atoms with Crippen LogP contribution in [0.2, 0.25) is 0 Å². The molecule has 0 saturated carbocycles. The van der Waals surface area contributed by atoms with Crippen molar-refractivity contribution in [3.63, 3.8) is 0 Å². The van der Waals surface area contributed by atoms with E-state index in [1.165, 1.54) is 4.90 Å². The van der Waals surface area contributed by atoms with E-state index in [2.05, 4.69) is 20.2 Å². The van der Waals surface area contributed by atoms with Gasteiger partial charge in [0.1, 0.15) is 17.5 Å². The summed E-state index contributed by atoms with van der Waals surface area (Å²) in [5, 5.41) is 12.5. The van der Waals surface area contributed by atoms with Gasteiger partial charge in [0.05, 0.1) is 5.69 Å². The summed E-state index contributed by atoms with van der Waals surface area (Å²) >= 11 is 0. The van der Waals surface area contributed by atoms with Crippen LogP contribution in [0.4, 0.5) is 22.2 Å². The predicted molar refractivity (Wildman–Crippen MR) is 116 cm³/mol. The van der Waals surface area contributed by atoms with Gasteiger partial charge in [0.15, 0.2) is 0 Å². The zero-order valence-corrected chi connectivity index (χ0v) is 16.8. The zero-order chi connectivity index (χ0) is 20.9. The molecule has 0 radical (unpaired) electrons. The zero-order valence-electron chi connectivity index (χ0n) is 16.8. The molecule has 3 aromatic heterocycles. The molecule has 0 aromatic carbocycles. The predicted octanol–water partition coefficient (Wildman–Crippen LogP) is 3.78. The van der Waals surface area contributed by atoms with Crippen LogP contribution in [0.25, 0.3) is 11.3 Å². The van der Waals surface area contributed by atoms with Gasteiger partial charge >= 0.3 is 6.09 Å². The smallest absolute Gasteiger partial charge is 0.407 e. The van der Waals surface area contributed by atoms with Crippen molar-refractivity contribution in [2.45, 2.75) is 13.3 Å². The average molecular weight is 404 g/mol. The second-order valence-electron chi connectivity index (χ2n) is 7.26. The molecule has 1 aliphatic rings. The van der Waals surface area contributed by atoms with Gasteiger partial charge in [0.25, 0.3) is 0 Å². The van der Waals surface area contributed by atoms with Crippen molar-refractivity contribution in [3.05, 3.63) is 60.4 Å². The van der Waals surface area contributed by atoms with Gasteiger partial charge in [-0.25, -0.2) is 19.7 Å². The summed E-state index contributed by atoms with van der Waals surface area (Å²) in [6, 6.07) is 13.7. The Morgan fingerprint density at radius 3 is 2.70 bits per heavy atom. The molecular formula is C22H24N6O2. The molecule has 8 nitrogen and oxygen atoms in total. The maximum absolute atomic E-state index is 11.2. The van der Waals surface area contributed by atoms with Crippen LogP contribution < -0.4 is 10.2 Å². The molecule has 1 aliphatic heterocycles. The summed E-state index contributed by atoms with van der Waals surface area (Å²) in [7, 11) is 0. The van der Waals surface area contributed by atoms with E-state index in [1.54, 1.807) is 12.4 Å². The van der Waals surface area contributed by atoms with E-state index in [4.69, 9.17) is 4.98 Å². The van der Waals surface area contributed by atoms with E-state index in [1.807, 2.05) is 49.4 Å². The van der Waals surface area contributed by atoms with Crippen LogP contribution in [-0.4, -0.2) is 57.2 Å². The van der Waals surface area contributed by atoms with E-state index < -0.39 is 6.09 Å². The maximum Gasteiger partial charge on any atom is 0.407 e. The van der Waals surface area contributed by atoms with Crippen molar-refractivity contribution in [2.24, 2.45) is 0 Å². The molecule has 0 unspecified atom stereocenters. The second-order valence-corrected chi connectivity index (χ2v) is 7.26. The summed E-state index contributed by atoms with van der Waals surface area (Å²) in [6.45, 7) is 4.44. The fourth-order valence-electron chi connectivity index (χ4n) is 3.49. The first-order valence-corrected chi connectivity index (χ1v) is 9.94. The second kappa shape index (κ2) is 8.77. The van der Waals surface area contributed by atoms with Gasteiger partial charge in [-0.15, -0.1) is 0 Å². The van der Waals surface area contributed by atoms with Crippen LogP contribution in [0.5, 0.6) is 0 Å². The fourth-order valence-corrected chi connectivity index (χ4v) is 3.49. The van der Waals surface area contributed by atoms with Crippen molar-refractivity contribution in [1.29, 1.82) is 0 Å². The monoisotopic (exact) mass is 404 g/mol. The average Bonchev–Trinajstić information content (AvgIpc) is 3.01. The molecule has 0 bridgehead atoms. The van der Waals surface area contributed by atoms with E-state index in [-0.39, 0.29) is 0 Å². The van der Waals surface area contributed by atoms with Crippen LogP contribution in [0, 0.1) is 6.92 Å². The molecule has 0 spiro atoms. The number of nitrogens with zero attached hydrogens (tertiary/aromatic N) is 5. The number of nitrogens with one attached hydrogen (secondary N) is 1. The first-order chi connectivity index (χ1) is 14.6. The largest absolute Gasteiger partial charge is 0.465 e. The standard InChI is InChI=1S/C22H24N6O2/c1-16-6-8-23-20(14-16)26-19-5-2-4-18(25-19)17-7-9-24-21(15-17)27-10-3-11-28(13-12-27)22(29)30/h2,4-9,14-15H,3,10-13H2,1H3,(H,29,30)(H,23,25,26). The number of hydrogen-bond acceptors (Lipinski definition) is 6. The molecule has 2 N–H and O–H groups in total. The van der Waals surface area contributed by atoms with Gasteiger partial charge in [-0.3, -0.25) is 0 Å². The molecule has 3 aromatic rings. The van der Waals surface area contributed by atoms with Gasteiger partial charge < -0.3 is 20.2 Å². The molecule has 4 rings (SSSR count). The lowest BCUT2D eigenvalue weighted by Crippen LogP contribution is -2.34. The molecule has 1 saturated heterocycles. The third kappa shape index (κ3) is 4.65. The Labute approximate surface area is 175 Å². The Balaban J connectivity index is 1.53. The van der Waals surface area contributed by atoms with E-state index >= 15 is 0 Å². The first kappa shape index (κ1) is 19.6. The Morgan fingerprint density at radius 2 is 1.87 bits per heavy atom. The summed E-state index contributed by atoms with van der Waals surface area (Å²) in [6.07, 6.45) is 3.45. The highest BCUT2D eigenvalue weighted by atomic mass is 16.4. The maximum atomic E-state index is 11.2. The Bertz CT molecular complexity index is 1040. The van der Waals surface area contributed by atoms with Crippen molar-refractivity contribution < 1.29 is 9.90 Å². The molecule has 0 atom stereocenters. The quantitative estimate of drug-likeness (QED) is 0.683. The number of carboxylic acid groups (broad SMARTS) is 1. The topological polar surface area (TPSA) is 94.5 Å². The minimum absolute atomic E-state index is 0.475. The molecule has 1 fully saturated rings. The number of carbonyl (C=O) groups is 1. The normalized spacial score (nSPS) is 14.3. The summed E-state index contributed by atoms with van der Waals surface area (Å²) in [4.78, 5) is 28.4. The Hall–Kier alpha value is -3.68. The lowest BCUT2D eigenvalue weighted by atomic mass is 10.1. The minimum Gasteiger partial charge on any atom is -0.465 e. The van der Waals surface area contributed by atoms with Crippen LogP contribution in [0.3, 0.4) is 0 Å². The van der Waals surface area contributed by atoms with Crippen molar-refractivity contribution in [1.82, 2.24) is 19.9 Å². The van der Waals surface area contributed by atoms with Gasteiger partial charge in [0.2, 0.25) is 0 Å². The molecule has 1 amide bonds. The van der Waals surface area contributed by atoms with E-state index in [9.17, 15) is 9.90 Å². The van der Waals surface area contributed by atoms with Crippen LogP contribution in [-0.2, 0) is 0 Å². The Kier molecular flexibility index (Phi) is 5.74. The number of hydrogen-bond donors (Lipinski definition) is 2. The lowest BCUT2D eigenvalue weighted by Gasteiger charge is -2.22. The van der Waals surface area contributed by atoms with E-state index in [0.29, 0.717) is 19.6 Å². The number of pyridine rings is 3. The molecule has 4 heterocycles. The highest BCUT2D eigenvalue weighted by Crippen LogP contribution is 2.24. The molecule has 154 valence electrons. The van der Waals surface area contributed by atoms with Gasteiger partial charge in [0, 0.05) is 44.1 Å².